The van der Waals surface area contributed by atoms with Gasteiger partial charge in [-0.3, -0.25) is 0 Å². The summed E-state index contributed by atoms with van der Waals surface area (Å²) in [6, 6.07) is 0. The van der Waals surface area contributed by atoms with Crippen LogP contribution in [0.15, 0.2) is 12.2 Å². The molecule has 0 aromatic heterocycles. The van der Waals surface area contributed by atoms with Crippen LogP contribution in [0, 0.1) is 0 Å². The molecule has 2 nitrogen and oxygen atoms in total. The second kappa shape index (κ2) is 13.3. The summed E-state index contributed by atoms with van der Waals surface area (Å²) in [4.78, 5) is 10.2. The van der Waals surface area contributed by atoms with Crippen molar-refractivity contribution >= 4 is 5.97 Å². The van der Waals surface area contributed by atoms with E-state index in [2.05, 4.69) is 19.1 Å². The number of hydrogen-bond acceptors (Lipinski definition) is 2. The minimum atomic E-state index is -0.930. The van der Waals surface area contributed by atoms with Crippen LogP contribution < -0.4 is 5.11 Å². The Morgan fingerprint density at radius 1 is 0.882 bits per heavy atom. The molecule has 0 aliphatic rings. The van der Waals surface area contributed by atoms with Crippen molar-refractivity contribution in [2.45, 2.75) is 77.6 Å². The van der Waals surface area contributed by atoms with Crippen molar-refractivity contribution in [3.8, 4) is 0 Å². The van der Waals surface area contributed by atoms with Gasteiger partial charge in [-0.25, -0.2) is 0 Å². The van der Waals surface area contributed by atoms with Crippen molar-refractivity contribution in [2.24, 2.45) is 0 Å². The minimum absolute atomic E-state index is 0.200. The van der Waals surface area contributed by atoms with Gasteiger partial charge in [0.1, 0.15) is 0 Å². The van der Waals surface area contributed by atoms with E-state index in [1.54, 1.807) is 0 Å². The van der Waals surface area contributed by atoms with Crippen LogP contribution in [-0.2, 0) is 4.79 Å². The number of rotatable bonds is 12. The maximum Gasteiger partial charge on any atom is 0.0414 e. The summed E-state index contributed by atoms with van der Waals surface area (Å²) >= 11 is 0. The number of carbonyl (C=O) groups excluding carboxylic acids is 1. The maximum absolute atomic E-state index is 10.2. The lowest BCUT2D eigenvalue weighted by Gasteiger charge is -1.99. The number of aliphatic carboxylic acids is 1. The smallest absolute Gasteiger partial charge is 0.0414 e. The van der Waals surface area contributed by atoms with E-state index in [0.717, 1.165) is 19.3 Å². The fraction of sp³-hybridized carbons (Fsp3) is 0.800. The molecule has 0 aromatic carbocycles. The Kier molecular flexibility index (Phi) is 12.7. The topological polar surface area (TPSA) is 40.1 Å². The third-order valence-corrected chi connectivity index (χ3v) is 2.89. The molecule has 2 heteroatoms. The van der Waals surface area contributed by atoms with Crippen molar-refractivity contribution in [3.05, 3.63) is 12.2 Å². The Hall–Kier alpha value is -0.790. The SMILES string of the molecule is CCCCCCCC/C=C/CCCCC(=O)[O-]. The maximum atomic E-state index is 10.2. The van der Waals surface area contributed by atoms with E-state index in [9.17, 15) is 9.90 Å². The van der Waals surface area contributed by atoms with Gasteiger partial charge >= 0.3 is 0 Å². The molecule has 0 fully saturated rings. The molecule has 0 aromatic rings. The van der Waals surface area contributed by atoms with Gasteiger partial charge < -0.3 is 9.90 Å². The molecule has 0 saturated carbocycles. The van der Waals surface area contributed by atoms with Crippen LogP contribution >= 0.6 is 0 Å². The number of carbonyl (C=O) groups is 1. The monoisotopic (exact) mass is 239 g/mol. The molecule has 0 saturated heterocycles. The molecule has 0 radical (unpaired) electrons. The zero-order valence-corrected chi connectivity index (χ0v) is 11.2. The summed E-state index contributed by atoms with van der Waals surface area (Å²) in [6.07, 6.45) is 16.6. The van der Waals surface area contributed by atoms with Crippen LogP contribution in [0.5, 0.6) is 0 Å². The van der Waals surface area contributed by atoms with Crippen LogP contribution in [0.2, 0.25) is 0 Å². The summed E-state index contributed by atoms with van der Waals surface area (Å²) in [5.41, 5.74) is 0. The van der Waals surface area contributed by atoms with Crippen molar-refractivity contribution in [2.75, 3.05) is 0 Å². The van der Waals surface area contributed by atoms with Crippen LogP contribution in [0.25, 0.3) is 0 Å². The first kappa shape index (κ1) is 16.2. The lowest BCUT2D eigenvalue weighted by Crippen LogP contribution is -2.21. The highest BCUT2D eigenvalue weighted by atomic mass is 16.4. The fourth-order valence-electron chi connectivity index (χ4n) is 1.81. The summed E-state index contributed by atoms with van der Waals surface area (Å²) in [5, 5.41) is 10.2. The largest absolute Gasteiger partial charge is 0.550 e. The van der Waals surface area contributed by atoms with Gasteiger partial charge in [-0.15, -0.1) is 0 Å². The normalized spacial score (nSPS) is 11.1. The van der Waals surface area contributed by atoms with Crippen molar-refractivity contribution in [1.82, 2.24) is 0 Å². The average Bonchev–Trinajstić information content (AvgIpc) is 2.30. The molecular weight excluding hydrogens is 212 g/mol. The molecule has 0 atom stereocenters. The van der Waals surface area contributed by atoms with Gasteiger partial charge in [-0.2, -0.15) is 0 Å². The van der Waals surface area contributed by atoms with E-state index in [0.29, 0.717) is 0 Å². The average molecular weight is 239 g/mol. The van der Waals surface area contributed by atoms with Gasteiger partial charge in [0.25, 0.3) is 0 Å². The summed E-state index contributed by atoms with van der Waals surface area (Å²) in [6.45, 7) is 2.24. The number of carboxylic acid groups (broad SMARTS) is 1. The highest BCUT2D eigenvalue weighted by Crippen LogP contribution is 2.08. The summed E-state index contributed by atoms with van der Waals surface area (Å²) < 4.78 is 0. The van der Waals surface area contributed by atoms with E-state index >= 15 is 0 Å². The van der Waals surface area contributed by atoms with Gasteiger partial charge in [0.05, 0.1) is 0 Å². The molecule has 0 heterocycles. The van der Waals surface area contributed by atoms with Gasteiger partial charge in [0.2, 0.25) is 0 Å². The molecule has 0 spiro atoms. The van der Waals surface area contributed by atoms with Crippen LogP contribution in [0.4, 0.5) is 0 Å². The van der Waals surface area contributed by atoms with Gasteiger partial charge in [-0.1, -0.05) is 51.2 Å². The zero-order chi connectivity index (χ0) is 12.8. The number of hydrogen-bond donors (Lipinski definition) is 0. The molecule has 17 heavy (non-hydrogen) atoms. The van der Waals surface area contributed by atoms with E-state index in [1.807, 2.05) is 0 Å². The molecule has 0 N–H and O–H groups in total. The quantitative estimate of drug-likeness (QED) is 0.385. The zero-order valence-electron chi connectivity index (χ0n) is 11.2. The second-order valence-corrected chi connectivity index (χ2v) is 4.65. The third-order valence-electron chi connectivity index (χ3n) is 2.89. The Labute approximate surface area is 106 Å². The molecule has 0 unspecified atom stereocenters. The van der Waals surface area contributed by atoms with Crippen LogP contribution in [-0.4, -0.2) is 5.97 Å². The Bertz CT molecular complexity index is 197. The minimum Gasteiger partial charge on any atom is -0.550 e. The van der Waals surface area contributed by atoms with Crippen molar-refractivity contribution in [1.29, 1.82) is 0 Å². The second-order valence-electron chi connectivity index (χ2n) is 4.65. The molecule has 0 bridgehead atoms. The molecule has 0 aliphatic heterocycles. The van der Waals surface area contributed by atoms with Gasteiger partial charge in [0, 0.05) is 5.97 Å². The van der Waals surface area contributed by atoms with Gasteiger partial charge in [-0.05, 0) is 38.5 Å². The standard InChI is InChI=1S/C15H28O2/c1-2-3-4-5-6-7-8-9-10-11-12-13-14-15(16)17/h9-10H,2-8,11-14H2,1H3,(H,16,17)/p-1/b10-9+. The molecule has 0 aliphatic carbocycles. The van der Waals surface area contributed by atoms with Crippen molar-refractivity contribution in [3.63, 3.8) is 0 Å². The van der Waals surface area contributed by atoms with Crippen LogP contribution in [0.3, 0.4) is 0 Å². The third kappa shape index (κ3) is 15.2. The first-order valence-electron chi connectivity index (χ1n) is 7.12. The number of unbranched alkanes of at least 4 members (excludes halogenated alkanes) is 8. The fourth-order valence-corrected chi connectivity index (χ4v) is 1.81. The molecule has 0 amide bonds. The van der Waals surface area contributed by atoms with E-state index in [-0.39, 0.29) is 6.42 Å². The van der Waals surface area contributed by atoms with E-state index < -0.39 is 5.97 Å². The number of carboxylic acids is 1. The lowest BCUT2D eigenvalue weighted by molar-refractivity contribution is -0.305. The lowest BCUT2D eigenvalue weighted by atomic mass is 10.1. The van der Waals surface area contributed by atoms with E-state index in [1.165, 1.54) is 44.9 Å². The van der Waals surface area contributed by atoms with Crippen molar-refractivity contribution < 1.29 is 9.90 Å². The summed E-state index contributed by atoms with van der Waals surface area (Å²) in [7, 11) is 0. The predicted octanol–water partition coefficient (Wildman–Crippen LogP) is 3.60. The first-order valence-corrected chi connectivity index (χ1v) is 7.12. The molecular formula is C15H27O2-. The van der Waals surface area contributed by atoms with Gasteiger partial charge in [0.15, 0.2) is 0 Å². The summed E-state index contributed by atoms with van der Waals surface area (Å²) in [5.74, 6) is -0.930. The Morgan fingerprint density at radius 2 is 1.41 bits per heavy atom. The Morgan fingerprint density at radius 3 is 2.00 bits per heavy atom. The predicted molar refractivity (Wildman–Crippen MR) is 70.6 cm³/mol. The highest BCUT2D eigenvalue weighted by molar-refractivity contribution is 5.64. The highest BCUT2D eigenvalue weighted by Gasteiger charge is 1.89. The molecule has 0 rings (SSSR count). The number of allylic oxidation sites excluding steroid dienone is 2. The molecule has 100 valence electrons. The van der Waals surface area contributed by atoms with E-state index in [4.69, 9.17) is 0 Å². The Balaban J connectivity index is 3.07. The van der Waals surface area contributed by atoms with Crippen LogP contribution in [0.1, 0.15) is 77.6 Å². The first-order chi connectivity index (χ1) is 8.27.